The van der Waals surface area contributed by atoms with Crippen LogP contribution in [0.15, 0.2) is 12.2 Å². The summed E-state index contributed by atoms with van der Waals surface area (Å²) < 4.78 is 11.2. The number of carboxylic acid groups (broad SMARTS) is 1. The van der Waals surface area contributed by atoms with Gasteiger partial charge in [0.25, 0.3) is 0 Å². The van der Waals surface area contributed by atoms with E-state index in [0.29, 0.717) is 38.3 Å². The number of ether oxygens (including phenoxy) is 2. The van der Waals surface area contributed by atoms with Gasteiger partial charge in [0.05, 0.1) is 18.8 Å². The first kappa shape index (κ1) is 38.6. The average Bonchev–Trinajstić information content (AvgIpc) is 3.73. The lowest BCUT2D eigenvalue weighted by atomic mass is 10.0. The van der Waals surface area contributed by atoms with Crippen molar-refractivity contribution >= 4 is 11.9 Å². The number of allylic oxidation sites excluding steroid dienone is 2. The quantitative estimate of drug-likeness (QED) is 0.0340. The Morgan fingerprint density at radius 1 is 0.548 bits per heavy atom. The van der Waals surface area contributed by atoms with Crippen LogP contribution in [-0.4, -0.2) is 47.6 Å². The Labute approximate surface area is 258 Å². The summed E-state index contributed by atoms with van der Waals surface area (Å²) in [7, 11) is 0. The molecule has 0 aromatic heterocycles. The summed E-state index contributed by atoms with van der Waals surface area (Å²) >= 11 is 0. The Kier molecular flexibility index (Phi) is 27.3. The molecule has 0 aromatic carbocycles. The number of carbonyl (C=O) groups is 2. The number of hydrogen-bond donors (Lipinski definition) is 2. The van der Waals surface area contributed by atoms with E-state index in [1.807, 2.05) is 0 Å². The van der Waals surface area contributed by atoms with E-state index in [0.717, 1.165) is 64.2 Å². The lowest BCUT2D eigenvalue weighted by Gasteiger charge is -2.05. The molecule has 1 fully saturated rings. The summed E-state index contributed by atoms with van der Waals surface area (Å²) in [5.74, 6) is -0.706. The van der Waals surface area contributed by atoms with E-state index in [1.54, 1.807) is 0 Å². The lowest BCUT2D eigenvalue weighted by Crippen LogP contribution is -2.05. The number of aliphatic carboxylic acids is 1. The zero-order chi connectivity index (χ0) is 30.4. The highest BCUT2D eigenvalue weighted by Crippen LogP contribution is 2.31. The Morgan fingerprint density at radius 2 is 0.976 bits per heavy atom. The summed E-state index contributed by atoms with van der Waals surface area (Å²) in [4.78, 5) is 22.4. The molecule has 0 aliphatic carbocycles. The normalized spacial score (nSPS) is 16.3. The summed E-state index contributed by atoms with van der Waals surface area (Å²) in [6, 6.07) is 0. The van der Waals surface area contributed by atoms with Gasteiger partial charge in [0, 0.05) is 19.4 Å². The molecular weight excluding hydrogens is 528 g/mol. The van der Waals surface area contributed by atoms with Gasteiger partial charge in [-0.3, -0.25) is 9.59 Å². The largest absolute Gasteiger partial charge is 0.481 e. The maximum absolute atomic E-state index is 11.9. The van der Waals surface area contributed by atoms with Crippen molar-refractivity contribution in [3.05, 3.63) is 12.2 Å². The molecule has 0 saturated carbocycles. The Bertz CT molecular complexity index is 649. The van der Waals surface area contributed by atoms with Crippen LogP contribution in [0.2, 0.25) is 0 Å². The summed E-state index contributed by atoms with van der Waals surface area (Å²) in [5, 5.41) is 17.4. The van der Waals surface area contributed by atoms with Crippen LogP contribution in [0.3, 0.4) is 0 Å². The maximum atomic E-state index is 11.9. The number of epoxide rings is 1. The molecule has 1 aliphatic rings. The molecule has 246 valence electrons. The van der Waals surface area contributed by atoms with Gasteiger partial charge in [-0.05, 0) is 64.2 Å². The molecule has 1 heterocycles. The van der Waals surface area contributed by atoms with Gasteiger partial charge in [0.2, 0.25) is 0 Å². The smallest absolute Gasteiger partial charge is 0.305 e. The number of aliphatic hydroxyl groups is 1. The van der Waals surface area contributed by atoms with E-state index in [-0.39, 0.29) is 5.97 Å². The fraction of sp³-hybridized carbons (Fsp3) is 0.889. The van der Waals surface area contributed by atoms with Crippen LogP contribution in [0.4, 0.5) is 0 Å². The van der Waals surface area contributed by atoms with Crippen LogP contribution >= 0.6 is 0 Å². The molecule has 42 heavy (non-hydrogen) atoms. The van der Waals surface area contributed by atoms with Crippen LogP contribution in [0.1, 0.15) is 180 Å². The Hall–Kier alpha value is -1.40. The predicted molar refractivity (Wildman–Crippen MR) is 173 cm³/mol. The summed E-state index contributed by atoms with van der Waals surface area (Å²) in [6.07, 6.45) is 36.7. The van der Waals surface area contributed by atoms with Crippen molar-refractivity contribution in [2.24, 2.45) is 0 Å². The molecule has 2 atom stereocenters. The number of aliphatic hydroxyl groups excluding tert-OH is 1. The van der Waals surface area contributed by atoms with Gasteiger partial charge in [0.15, 0.2) is 0 Å². The van der Waals surface area contributed by atoms with Crippen LogP contribution < -0.4 is 0 Å². The first-order valence-corrected chi connectivity index (χ1v) is 17.9. The number of rotatable bonds is 33. The molecule has 0 amide bonds. The van der Waals surface area contributed by atoms with E-state index in [4.69, 9.17) is 19.7 Å². The molecule has 6 nitrogen and oxygen atoms in total. The zero-order valence-electron chi connectivity index (χ0n) is 27.1. The SMILES string of the molecule is O=C(O)CCCCCCCC=CCCCCCCCCOC(=O)CCCCCCCC1OC1CCCCCCCCO. The minimum atomic E-state index is -0.681. The number of carboxylic acids is 1. The highest BCUT2D eigenvalue weighted by Gasteiger charge is 2.36. The van der Waals surface area contributed by atoms with Crippen LogP contribution in [-0.2, 0) is 19.1 Å². The Balaban J connectivity index is 1.72. The van der Waals surface area contributed by atoms with Crippen molar-refractivity contribution in [2.45, 2.75) is 192 Å². The number of unbranched alkanes of at least 4 members (excludes halogenated alkanes) is 20. The van der Waals surface area contributed by atoms with Crippen LogP contribution in [0, 0.1) is 0 Å². The highest BCUT2D eigenvalue weighted by atomic mass is 16.6. The van der Waals surface area contributed by atoms with E-state index < -0.39 is 5.97 Å². The molecular formula is C36H66O6. The Morgan fingerprint density at radius 3 is 1.50 bits per heavy atom. The molecule has 1 aliphatic heterocycles. The van der Waals surface area contributed by atoms with Crippen molar-refractivity contribution in [3.63, 3.8) is 0 Å². The van der Waals surface area contributed by atoms with Gasteiger partial charge >= 0.3 is 11.9 Å². The molecule has 6 heteroatoms. The van der Waals surface area contributed by atoms with Crippen molar-refractivity contribution in [1.82, 2.24) is 0 Å². The van der Waals surface area contributed by atoms with Crippen LogP contribution in [0.25, 0.3) is 0 Å². The standard InChI is InChI=1S/C36H66O6/c37-31-25-19-12-11-15-21-27-33-34(42-33)28-22-16-14-18-24-30-36(40)41-32-26-20-13-9-7-5-3-1-2-4-6-8-10-17-23-29-35(38)39/h1-2,33-34,37H,3-32H2,(H,38,39). The first-order valence-electron chi connectivity index (χ1n) is 17.9. The third-order valence-corrected chi connectivity index (χ3v) is 8.41. The summed E-state index contributed by atoms with van der Waals surface area (Å²) in [6.45, 7) is 0.906. The maximum Gasteiger partial charge on any atom is 0.305 e. The topological polar surface area (TPSA) is 96.4 Å². The zero-order valence-corrected chi connectivity index (χ0v) is 27.1. The van der Waals surface area contributed by atoms with Gasteiger partial charge in [0.1, 0.15) is 0 Å². The molecule has 2 N–H and O–H groups in total. The molecule has 0 spiro atoms. The van der Waals surface area contributed by atoms with Crippen LogP contribution in [0.5, 0.6) is 0 Å². The van der Waals surface area contributed by atoms with Gasteiger partial charge < -0.3 is 19.7 Å². The molecule has 2 unspecified atom stereocenters. The fourth-order valence-electron chi connectivity index (χ4n) is 5.63. The third kappa shape index (κ3) is 27.4. The number of hydrogen-bond acceptors (Lipinski definition) is 5. The number of esters is 1. The van der Waals surface area contributed by atoms with Gasteiger partial charge in [-0.1, -0.05) is 115 Å². The van der Waals surface area contributed by atoms with E-state index in [2.05, 4.69) is 12.2 Å². The minimum absolute atomic E-state index is 0.0254. The summed E-state index contributed by atoms with van der Waals surface area (Å²) in [5.41, 5.74) is 0. The molecule has 0 bridgehead atoms. The number of carbonyl (C=O) groups excluding carboxylic acids is 1. The van der Waals surface area contributed by atoms with Crippen molar-refractivity contribution in [1.29, 1.82) is 0 Å². The fourth-order valence-corrected chi connectivity index (χ4v) is 5.63. The van der Waals surface area contributed by atoms with Crippen molar-refractivity contribution in [3.8, 4) is 0 Å². The van der Waals surface area contributed by atoms with Gasteiger partial charge in [-0.2, -0.15) is 0 Å². The van der Waals surface area contributed by atoms with Crippen molar-refractivity contribution < 1.29 is 29.3 Å². The predicted octanol–water partition coefficient (Wildman–Crippen LogP) is 9.85. The second-order valence-corrected chi connectivity index (χ2v) is 12.5. The second-order valence-electron chi connectivity index (χ2n) is 12.5. The van der Waals surface area contributed by atoms with E-state index in [1.165, 1.54) is 103 Å². The molecule has 0 radical (unpaired) electrons. The lowest BCUT2D eigenvalue weighted by molar-refractivity contribution is -0.144. The van der Waals surface area contributed by atoms with E-state index in [9.17, 15) is 9.59 Å². The minimum Gasteiger partial charge on any atom is -0.481 e. The van der Waals surface area contributed by atoms with Gasteiger partial charge in [-0.25, -0.2) is 0 Å². The second kappa shape index (κ2) is 29.7. The monoisotopic (exact) mass is 594 g/mol. The highest BCUT2D eigenvalue weighted by molar-refractivity contribution is 5.69. The van der Waals surface area contributed by atoms with Gasteiger partial charge in [-0.15, -0.1) is 0 Å². The molecule has 1 saturated heterocycles. The molecule has 1 rings (SSSR count). The first-order chi connectivity index (χ1) is 20.6. The third-order valence-electron chi connectivity index (χ3n) is 8.41. The van der Waals surface area contributed by atoms with E-state index >= 15 is 0 Å². The van der Waals surface area contributed by atoms with Crippen molar-refractivity contribution in [2.75, 3.05) is 13.2 Å². The average molecular weight is 595 g/mol. The molecule has 0 aromatic rings.